The fourth-order valence-electron chi connectivity index (χ4n) is 3.24. The summed E-state index contributed by atoms with van der Waals surface area (Å²) in [5.74, 6) is 2.03. The molecule has 0 unspecified atom stereocenters. The summed E-state index contributed by atoms with van der Waals surface area (Å²) in [7, 11) is 0. The molecule has 0 aliphatic heterocycles. The number of benzene rings is 1. The Labute approximate surface area is 113 Å². The van der Waals surface area contributed by atoms with E-state index in [2.05, 4.69) is 38.1 Å². The van der Waals surface area contributed by atoms with Crippen LogP contribution in [0, 0.1) is 11.8 Å². The van der Waals surface area contributed by atoms with E-state index in [0.29, 0.717) is 0 Å². The van der Waals surface area contributed by atoms with Gasteiger partial charge < -0.3 is 0 Å². The van der Waals surface area contributed by atoms with E-state index < -0.39 is 0 Å². The summed E-state index contributed by atoms with van der Waals surface area (Å²) in [6.45, 7) is 4.57. The van der Waals surface area contributed by atoms with E-state index >= 15 is 0 Å². The van der Waals surface area contributed by atoms with Crippen molar-refractivity contribution in [3.63, 3.8) is 0 Å². The van der Waals surface area contributed by atoms with Crippen molar-refractivity contribution in [2.75, 3.05) is 0 Å². The van der Waals surface area contributed by atoms with Gasteiger partial charge in [0.25, 0.3) is 0 Å². The van der Waals surface area contributed by atoms with Crippen LogP contribution in [0.3, 0.4) is 0 Å². The maximum atomic E-state index is 2.35. The van der Waals surface area contributed by atoms with Gasteiger partial charge in [-0.1, -0.05) is 70.2 Å². The van der Waals surface area contributed by atoms with Crippen LogP contribution in [-0.4, -0.2) is 0 Å². The van der Waals surface area contributed by atoms with E-state index in [4.69, 9.17) is 0 Å². The van der Waals surface area contributed by atoms with E-state index in [1.807, 2.05) is 0 Å². The van der Waals surface area contributed by atoms with Crippen molar-refractivity contribution in [3.8, 4) is 0 Å². The van der Waals surface area contributed by atoms with Crippen molar-refractivity contribution in [2.45, 2.75) is 65.2 Å². The van der Waals surface area contributed by atoms with Crippen LogP contribution < -0.4 is 0 Å². The first-order chi connectivity index (χ1) is 8.81. The third kappa shape index (κ3) is 3.86. The number of hydrogen-bond donors (Lipinski definition) is 0. The van der Waals surface area contributed by atoms with Crippen LogP contribution in [0.4, 0.5) is 0 Å². The third-order valence-corrected chi connectivity index (χ3v) is 4.82. The highest BCUT2D eigenvalue weighted by molar-refractivity contribution is 5.22. The molecule has 0 N–H and O–H groups in total. The molecule has 18 heavy (non-hydrogen) atoms. The standard InChI is InChI=1S/C18H28/c1-3-15-5-9-17(10-6-15)13-14-18-11-7-16(4-2)8-12-18/h5-6,9-10,16,18H,3-4,7-8,11-14H2,1-2H3. The van der Waals surface area contributed by atoms with Crippen LogP contribution in [0.15, 0.2) is 24.3 Å². The molecule has 2 rings (SSSR count). The first kappa shape index (κ1) is 13.6. The number of hydrogen-bond acceptors (Lipinski definition) is 0. The summed E-state index contributed by atoms with van der Waals surface area (Å²) < 4.78 is 0. The molecule has 1 aliphatic rings. The van der Waals surface area contributed by atoms with Gasteiger partial charge in [-0.2, -0.15) is 0 Å². The molecule has 0 atom stereocenters. The SMILES string of the molecule is CCc1ccc(CCC2CCC(CC)CC2)cc1. The zero-order valence-corrected chi connectivity index (χ0v) is 12.1. The molecule has 0 saturated heterocycles. The second kappa shape index (κ2) is 6.97. The molecule has 1 fully saturated rings. The Morgan fingerprint density at radius 3 is 1.94 bits per heavy atom. The quantitative estimate of drug-likeness (QED) is 0.650. The molecule has 1 aromatic rings. The molecule has 0 heterocycles. The lowest BCUT2D eigenvalue weighted by Gasteiger charge is -2.27. The molecule has 0 nitrogen and oxygen atoms in total. The second-order valence-electron chi connectivity index (χ2n) is 6.00. The highest BCUT2D eigenvalue weighted by atomic mass is 14.2. The smallest absolute Gasteiger partial charge is 0.0276 e. The number of aryl methyl sites for hydroxylation is 2. The molecule has 1 saturated carbocycles. The molecule has 0 amide bonds. The van der Waals surface area contributed by atoms with Crippen LogP contribution in [0.2, 0.25) is 0 Å². The predicted molar refractivity (Wildman–Crippen MR) is 79.9 cm³/mol. The fraction of sp³-hybridized carbons (Fsp3) is 0.667. The fourth-order valence-corrected chi connectivity index (χ4v) is 3.24. The van der Waals surface area contributed by atoms with Gasteiger partial charge in [0.2, 0.25) is 0 Å². The maximum Gasteiger partial charge on any atom is -0.0276 e. The molecule has 1 aromatic carbocycles. The Kier molecular flexibility index (Phi) is 5.28. The van der Waals surface area contributed by atoms with Crippen LogP contribution in [0.5, 0.6) is 0 Å². The van der Waals surface area contributed by atoms with Gasteiger partial charge in [-0.05, 0) is 42.2 Å². The van der Waals surface area contributed by atoms with Gasteiger partial charge >= 0.3 is 0 Å². The largest absolute Gasteiger partial charge is 0.0651 e. The zero-order valence-electron chi connectivity index (χ0n) is 12.1. The highest BCUT2D eigenvalue weighted by Gasteiger charge is 2.19. The Morgan fingerprint density at radius 1 is 0.833 bits per heavy atom. The van der Waals surface area contributed by atoms with Crippen molar-refractivity contribution in [1.82, 2.24) is 0 Å². The minimum Gasteiger partial charge on any atom is -0.0651 e. The second-order valence-corrected chi connectivity index (χ2v) is 6.00. The summed E-state index contributed by atoms with van der Waals surface area (Å²) in [4.78, 5) is 0. The van der Waals surface area contributed by atoms with E-state index in [1.165, 1.54) is 56.1 Å². The Balaban J connectivity index is 1.74. The van der Waals surface area contributed by atoms with Gasteiger partial charge in [-0.15, -0.1) is 0 Å². The molecule has 0 aromatic heterocycles. The van der Waals surface area contributed by atoms with Crippen molar-refractivity contribution in [2.24, 2.45) is 11.8 Å². The molecule has 0 bridgehead atoms. The van der Waals surface area contributed by atoms with E-state index in [1.54, 1.807) is 0 Å². The van der Waals surface area contributed by atoms with Crippen LogP contribution in [0.1, 0.15) is 63.5 Å². The third-order valence-electron chi connectivity index (χ3n) is 4.82. The summed E-state index contributed by atoms with van der Waals surface area (Å²) in [5, 5.41) is 0. The van der Waals surface area contributed by atoms with Crippen molar-refractivity contribution in [3.05, 3.63) is 35.4 Å². The average Bonchev–Trinajstić information content (AvgIpc) is 2.46. The summed E-state index contributed by atoms with van der Waals surface area (Å²) >= 11 is 0. The van der Waals surface area contributed by atoms with Crippen molar-refractivity contribution in [1.29, 1.82) is 0 Å². The van der Waals surface area contributed by atoms with Crippen LogP contribution in [-0.2, 0) is 12.8 Å². The van der Waals surface area contributed by atoms with Gasteiger partial charge in [0.15, 0.2) is 0 Å². The van der Waals surface area contributed by atoms with Gasteiger partial charge in [-0.25, -0.2) is 0 Å². The maximum absolute atomic E-state index is 2.35. The molecule has 0 radical (unpaired) electrons. The molecular formula is C18H28. The van der Waals surface area contributed by atoms with Gasteiger partial charge in [0.1, 0.15) is 0 Å². The van der Waals surface area contributed by atoms with Crippen LogP contribution in [0.25, 0.3) is 0 Å². The number of rotatable bonds is 5. The minimum absolute atomic E-state index is 0.999. The van der Waals surface area contributed by atoms with Crippen molar-refractivity contribution < 1.29 is 0 Å². The normalized spacial score (nSPS) is 24.1. The van der Waals surface area contributed by atoms with Crippen molar-refractivity contribution >= 4 is 0 Å². The predicted octanol–water partition coefficient (Wildman–Crippen LogP) is 5.40. The molecule has 0 spiro atoms. The van der Waals surface area contributed by atoms with Gasteiger partial charge in [0.05, 0.1) is 0 Å². The lowest BCUT2D eigenvalue weighted by atomic mass is 9.78. The minimum atomic E-state index is 0.999. The average molecular weight is 244 g/mol. The summed E-state index contributed by atoms with van der Waals surface area (Å²) in [6, 6.07) is 9.25. The molecule has 0 heteroatoms. The monoisotopic (exact) mass is 244 g/mol. The van der Waals surface area contributed by atoms with E-state index in [0.717, 1.165) is 18.3 Å². The summed E-state index contributed by atoms with van der Waals surface area (Å²) in [5.41, 5.74) is 2.99. The molecule has 1 aliphatic carbocycles. The molecule has 100 valence electrons. The van der Waals surface area contributed by atoms with Gasteiger partial charge in [0, 0.05) is 0 Å². The highest BCUT2D eigenvalue weighted by Crippen LogP contribution is 2.33. The first-order valence-electron chi connectivity index (χ1n) is 7.89. The lowest BCUT2D eigenvalue weighted by molar-refractivity contribution is 0.259. The zero-order chi connectivity index (χ0) is 12.8. The van der Waals surface area contributed by atoms with E-state index in [9.17, 15) is 0 Å². The van der Waals surface area contributed by atoms with Crippen LogP contribution >= 0.6 is 0 Å². The molecular weight excluding hydrogens is 216 g/mol. The Morgan fingerprint density at radius 2 is 1.39 bits per heavy atom. The Hall–Kier alpha value is -0.780. The summed E-state index contributed by atoms with van der Waals surface area (Å²) in [6.07, 6.45) is 11.2. The van der Waals surface area contributed by atoms with Gasteiger partial charge in [-0.3, -0.25) is 0 Å². The van der Waals surface area contributed by atoms with E-state index in [-0.39, 0.29) is 0 Å². The topological polar surface area (TPSA) is 0 Å². The Bertz CT molecular complexity index is 328. The first-order valence-corrected chi connectivity index (χ1v) is 7.89. The lowest BCUT2D eigenvalue weighted by Crippen LogP contribution is -2.14.